The monoisotopic (exact) mass is 221 g/mol. The second-order valence-corrected chi connectivity index (χ2v) is 2.69. The minimum Gasteiger partial charge on any atom is -0.251 e. The third-order valence-electron chi connectivity index (χ3n) is 1.34. The molecule has 0 saturated heterocycles. The third-order valence-corrected chi connectivity index (χ3v) is 1.91. The Hall–Kier alpha value is -0.450. The third kappa shape index (κ3) is 2.25. The highest BCUT2D eigenvalue weighted by molar-refractivity contribution is 9.08. The fourth-order valence-electron chi connectivity index (χ4n) is 0.780. The van der Waals surface area contributed by atoms with E-state index in [4.69, 9.17) is 0 Å². The van der Waals surface area contributed by atoms with Gasteiger partial charge in [0, 0.05) is 11.9 Å². The van der Waals surface area contributed by atoms with E-state index in [-0.39, 0.29) is 6.67 Å². The van der Waals surface area contributed by atoms with Crippen molar-refractivity contribution >= 4 is 15.9 Å². The van der Waals surface area contributed by atoms with Gasteiger partial charge in [0.25, 0.3) is 0 Å². The molecule has 62 valence electrons. The Morgan fingerprint density at radius 2 is 2.45 bits per heavy atom. The molecule has 0 atom stereocenters. The molecular weight excluding hydrogens is 213 g/mol. The molecule has 0 aliphatic rings. The first kappa shape index (κ1) is 8.64. The molecule has 11 heavy (non-hydrogen) atoms. The summed E-state index contributed by atoms with van der Waals surface area (Å²) in [7, 11) is 0. The van der Waals surface area contributed by atoms with Crippen molar-refractivity contribution in [2.24, 2.45) is 0 Å². The summed E-state index contributed by atoms with van der Waals surface area (Å²) in [5.41, 5.74) is 0.985. The van der Waals surface area contributed by atoms with Crippen LogP contribution < -0.4 is 0 Å². The summed E-state index contributed by atoms with van der Waals surface area (Å²) in [5.74, 6) is 0. The van der Waals surface area contributed by atoms with Crippen molar-refractivity contribution in [2.45, 2.75) is 18.3 Å². The number of hydrogen-bond donors (Lipinski definition) is 0. The molecule has 1 rings (SSSR count). The van der Waals surface area contributed by atoms with Crippen LogP contribution in [0.2, 0.25) is 0 Å². The molecule has 0 unspecified atom stereocenters. The first-order valence-electron chi connectivity index (χ1n) is 3.37. The van der Waals surface area contributed by atoms with Crippen LogP contribution in [0.3, 0.4) is 0 Å². The van der Waals surface area contributed by atoms with E-state index in [0.29, 0.717) is 18.3 Å². The zero-order chi connectivity index (χ0) is 8.10. The topological polar surface area (TPSA) is 30.7 Å². The minimum absolute atomic E-state index is 0.304. The van der Waals surface area contributed by atoms with Crippen LogP contribution in [-0.2, 0) is 11.9 Å². The number of hydrogen-bond acceptors (Lipinski definition) is 2. The van der Waals surface area contributed by atoms with Crippen LogP contribution >= 0.6 is 15.9 Å². The van der Waals surface area contributed by atoms with E-state index >= 15 is 0 Å². The molecular formula is C6H9BrFN3. The van der Waals surface area contributed by atoms with Gasteiger partial charge in [0.05, 0.1) is 18.6 Å². The largest absolute Gasteiger partial charge is 0.251 e. The molecule has 0 spiro atoms. The van der Waals surface area contributed by atoms with Gasteiger partial charge in [0.2, 0.25) is 0 Å². The molecule has 1 aromatic rings. The highest BCUT2D eigenvalue weighted by Gasteiger charge is 2.00. The van der Waals surface area contributed by atoms with Gasteiger partial charge in [-0.25, -0.2) is 4.68 Å². The fraction of sp³-hybridized carbons (Fsp3) is 0.667. The lowest BCUT2D eigenvalue weighted by molar-refractivity contribution is 0.428. The predicted octanol–water partition coefficient (Wildman–Crippen LogP) is 1.53. The van der Waals surface area contributed by atoms with Crippen LogP contribution in [0.15, 0.2) is 6.20 Å². The lowest BCUT2D eigenvalue weighted by Gasteiger charge is -1.99. The van der Waals surface area contributed by atoms with Crippen LogP contribution in [0, 0.1) is 0 Å². The Morgan fingerprint density at radius 1 is 1.64 bits per heavy atom. The van der Waals surface area contributed by atoms with E-state index in [9.17, 15) is 4.39 Å². The van der Waals surface area contributed by atoms with Gasteiger partial charge in [-0.15, -0.1) is 5.10 Å². The SMILES string of the molecule is FCCCn1nncc1CBr. The van der Waals surface area contributed by atoms with E-state index in [1.165, 1.54) is 0 Å². The molecule has 0 N–H and O–H groups in total. The average molecular weight is 222 g/mol. The Bertz CT molecular complexity index is 213. The molecule has 0 aliphatic heterocycles. The van der Waals surface area contributed by atoms with Gasteiger partial charge in [0.1, 0.15) is 0 Å². The summed E-state index contributed by atoms with van der Waals surface area (Å²) in [5, 5.41) is 8.22. The highest BCUT2D eigenvalue weighted by Crippen LogP contribution is 2.03. The summed E-state index contributed by atoms with van der Waals surface area (Å²) in [6.45, 7) is 0.305. The van der Waals surface area contributed by atoms with E-state index in [1.54, 1.807) is 10.9 Å². The summed E-state index contributed by atoms with van der Waals surface area (Å²) >= 11 is 3.28. The molecule has 1 heterocycles. The summed E-state index contributed by atoms with van der Waals surface area (Å²) in [6, 6.07) is 0. The van der Waals surface area contributed by atoms with Crippen LogP contribution in [-0.4, -0.2) is 21.7 Å². The van der Waals surface area contributed by atoms with Crippen molar-refractivity contribution in [2.75, 3.05) is 6.67 Å². The van der Waals surface area contributed by atoms with Gasteiger partial charge in [-0.05, 0) is 6.42 Å². The lowest BCUT2D eigenvalue weighted by atomic mass is 10.4. The molecule has 1 aromatic heterocycles. The van der Waals surface area contributed by atoms with E-state index < -0.39 is 0 Å². The van der Waals surface area contributed by atoms with Crippen LogP contribution in [0.1, 0.15) is 12.1 Å². The van der Waals surface area contributed by atoms with E-state index in [1.807, 2.05) is 0 Å². The highest BCUT2D eigenvalue weighted by atomic mass is 79.9. The summed E-state index contributed by atoms with van der Waals surface area (Å²) < 4.78 is 13.5. The van der Waals surface area contributed by atoms with Crippen molar-refractivity contribution in [3.63, 3.8) is 0 Å². The minimum atomic E-state index is -0.304. The molecule has 3 nitrogen and oxygen atoms in total. The number of aryl methyl sites for hydroxylation is 1. The van der Waals surface area contributed by atoms with E-state index in [2.05, 4.69) is 26.2 Å². The number of rotatable bonds is 4. The van der Waals surface area contributed by atoms with Gasteiger partial charge in [-0.1, -0.05) is 21.1 Å². The standard InChI is InChI=1S/C6H9BrFN3/c7-4-6-5-9-10-11(6)3-1-2-8/h5H,1-4H2. The van der Waals surface area contributed by atoms with Crippen molar-refractivity contribution in [3.05, 3.63) is 11.9 Å². The summed E-state index contributed by atoms with van der Waals surface area (Å²) in [4.78, 5) is 0. The van der Waals surface area contributed by atoms with Crippen molar-refractivity contribution in [1.82, 2.24) is 15.0 Å². The van der Waals surface area contributed by atoms with Gasteiger partial charge in [-0.2, -0.15) is 0 Å². The molecule has 0 bridgehead atoms. The molecule has 0 fully saturated rings. The Morgan fingerprint density at radius 3 is 3.09 bits per heavy atom. The fourth-order valence-corrected chi connectivity index (χ4v) is 1.21. The van der Waals surface area contributed by atoms with Gasteiger partial charge < -0.3 is 0 Å². The van der Waals surface area contributed by atoms with Gasteiger partial charge in [0.15, 0.2) is 0 Å². The zero-order valence-corrected chi connectivity index (χ0v) is 7.59. The predicted molar refractivity (Wildman–Crippen MR) is 43.2 cm³/mol. The van der Waals surface area contributed by atoms with Crippen molar-refractivity contribution < 1.29 is 4.39 Å². The van der Waals surface area contributed by atoms with E-state index in [0.717, 1.165) is 5.69 Å². The number of nitrogens with zero attached hydrogens (tertiary/aromatic N) is 3. The maximum absolute atomic E-state index is 11.7. The first-order chi connectivity index (χ1) is 5.38. The zero-order valence-electron chi connectivity index (χ0n) is 6.00. The quantitative estimate of drug-likeness (QED) is 0.723. The molecule has 0 saturated carbocycles. The summed E-state index contributed by atoms with van der Waals surface area (Å²) in [6.07, 6.45) is 2.18. The average Bonchev–Trinajstić information content (AvgIpc) is 2.47. The molecule has 0 aliphatic carbocycles. The van der Waals surface area contributed by atoms with Crippen LogP contribution in [0.5, 0.6) is 0 Å². The molecule has 0 aromatic carbocycles. The van der Waals surface area contributed by atoms with Gasteiger partial charge >= 0.3 is 0 Å². The lowest BCUT2D eigenvalue weighted by Crippen LogP contribution is -2.04. The van der Waals surface area contributed by atoms with Crippen LogP contribution in [0.4, 0.5) is 4.39 Å². The maximum Gasteiger partial charge on any atom is 0.0912 e. The van der Waals surface area contributed by atoms with Crippen molar-refractivity contribution in [3.8, 4) is 0 Å². The number of halogens is 2. The Kier molecular flexibility index (Phi) is 3.48. The molecule has 0 amide bonds. The Balaban J connectivity index is 2.54. The number of alkyl halides is 2. The first-order valence-corrected chi connectivity index (χ1v) is 4.50. The second-order valence-electron chi connectivity index (χ2n) is 2.12. The molecule has 0 radical (unpaired) electrons. The van der Waals surface area contributed by atoms with Gasteiger partial charge in [-0.3, -0.25) is 4.39 Å². The smallest absolute Gasteiger partial charge is 0.0912 e. The normalized spacial score (nSPS) is 10.4. The second kappa shape index (κ2) is 4.43. The molecule has 5 heteroatoms. The van der Waals surface area contributed by atoms with Crippen molar-refractivity contribution in [1.29, 1.82) is 0 Å². The maximum atomic E-state index is 11.7. The van der Waals surface area contributed by atoms with Crippen LogP contribution in [0.25, 0.3) is 0 Å². The number of aromatic nitrogens is 3. The Labute approximate surface area is 72.7 Å².